The number of hydrogen-bond donors (Lipinski definition) is 1. The van der Waals surface area contributed by atoms with E-state index < -0.39 is 5.41 Å². The van der Waals surface area contributed by atoms with Crippen LogP contribution in [0.5, 0.6) is 0 Å². The van der Waals surface area contributed by atoms with Crippen molar-refractivity contribution in [1.29, 1.82) is 5.26 Å². The van der Waals surface area contributed by atoms with E-state index in [1.165, 1.54) is 0 Å². The molecular weight excluding hydrogens is 248 g/mol. The molecule has 1 aliphatic rings. The van der Waals surface area contributed by atoms with E-state index in [2.05, 4.69) is 5.32 Å². The molecule has 1 N–H and O–H groups in total. The highest BCUT2D eigenvalue weighted by Gasteiger charge is 2.46. The number of nitrogens with zero attached hydrogens (tertiary/aromatic N) is 1. The number of nitrogens with one attached hydrogen (secondary N) is 1. The molecule has 0 unspecified atom stereocenters. The average molecular weight is 258 g/mol. The Morgan fingerprint density at radius 1 is 1.44 bits per heavy atom. The summed E-state index contributed by atoms with van der Waals surface area (Å²) >= 11 is 1.57. The zero-order valence-corrected chi connectivity index (χ0v) is 10.3. The Morgan fingerprint density at radius 3 is 2.89 bits per heavy atom. The predicted octanol–water partition coefficient (Wildman–Crippen LogP) is 2.38. The molecule has 2 heterocycles. The van der Waals surface area contributed by atoms with E-state index in [1.807, 2.05) is 35.7 Å². The fraction of sp³-hybridized carbons (Fsp3) is 0.231. The minimum absolute atomic E-state index is 0.178. The van der Waals surface area contributed by atoms with E-state index in [4.69, 9.17) is 10.00 Å². The fourth-order valence-electron chi connectivity index (χ4n) is 1.87. The monoisotopic (exact) mass is 258 g/mol. The van der Waals surface area contributed by atoms with E-state index in [0.717, 1.165) is 15.8 Å². The van der Waals surface area contributed by atoms with Gasteiger partial charge in [0.15, 0.2) is 5.41 Å². The summed E-state index contributed by atoms with van der Waals surface area (Å²) in [5.74, 6) is -0.278. The van der Waals surface area contributed by atoms with Gasteiger partial charge in [0.25, 0.3) is 0 Å². The van der Waals surface area contributed by atoms with E-state index >= 15 is 0 Å². The van der Waals surface area contributed by atoms with Crippen molar-refractivity contribution >= 4 is 33.0 Å². The molecule has 18 heavy (non-hydrogen) atoms. The van der Waals surface area contributed by atoms with Crippen LogP contribution in [0.2, 0.25) is 0 Å². The number of fused-ring (bicyclic) bond motifs is 1. The highest BCUT2D eigenvalue weighted by atomic mass is 32.1. The van der Waals surface area contributed by atoms with E-state index in [9.17, 15) is 4.79 Å². The molecule has 1 aliphatic heterocycles. The predicted molar refractivity (Wildman–Crippen MR) is 69.3 cm³/mol. The van der Waals surface area contributed by atoms with Gasteiger partial charge in [-0.3, -0.25) is 4.79 Å². The molecule has 3 rings (SSSR count). The first-order chi connectivity index (χ1) is 8.75. The number of rotatable bonds is 2. The second-order valence-corrected chi connectivity index (χ2v) is 5.20. The molecule has 4 nitrogen and oxygen atoms in total. The van der Waals surface area contributed by atoms with Crippen molar-refractivity contribution in [2.75, 3.05) is 18.5 Å². The maximum atomic E-state index is 12.1. The zero-order valence-electron chi connectivity index (χ0n) is 9.47. The van der Waals surface area contributed by atoms with Crippen LogP contribution in [-0.4, -0.2) is 19.1 Å². The topological polar surface area (TPSA) is 62.1 Å². The van der Waals surface area contributed by atoms with Gasteiger partial charge in [0.05, 0.1) is 25.0 Å². The van der Waals surface area contributed by atoms with Gasteiger partial charge in [0, 0.05) is 15.5 Å². The van der Waals surface area contributed by atoms with Crippen molar-refractivity contribution < 1.29 is 9.53 Å². The third-order valence-corrected chi connectivity index (χ3v) is 4.04. The Hall–Kier alpha value is -1.90. The molecule has 1 fully saturated rings. The molecule has 1 amide bonds. The van der Waals surface area contributed by atoms with Gasteiger partial charge in [-0.1, -0.05) is 18.2 Å². The first-order valence-corrected chi connectivity index (χ1v) is 6.40. The lowest BCUT2D eigenvalue weighted by molar-refractivity contribution is -0.144. The third-order valence-electron chi connectivity index (χ3n) is 3.07. The van der Waals surface area contributed by atoms with Gasteiger partial charge < -0.3 is 10.1 Å². The zero-order chi connectivity index (χ0) is 12.6. The van der Waals surface area contributed by atoms with Crippen molar-refractivity contribution in [2.24, 2.45) is 5.41 Å². The van der Waals surface area contributed by atoms with Crippen LogP contribution < -0.4 is 5.32 Å². The number of amides is 1. The van der Waals surface area contributed by atoms with Crippen LogP contribution in [0.3, 0.4) is 0 Å². The molecule has 1 saturated heterocycles. The maximum absolute atomic E-state index is 12.1. The smallest absolute Gasteiger partial charge is 0.249 e. The molecule has 0 spiro atoms. The normalized spacial score (nSPS) is 16.8. The highest BCUT2D eigenvalue weighted by molar-refractivity contribution is 7.17. The van der Waals surface area contributed by atoms with Crippen LogP contribution in [0.25, 0.3) is 10.1 Å². The van der Waals surface area contributed by atoms with Gasteiger partial charge in [-0.05, 0) is 6.07 Å². The summed E-state index contributed by atoms with van der Waals surface area (Å²) in [6.45, 7) is 0.356. The van der Waals surface area contributed by atoms with Gasteiger partial charge in [-0.15, -0.1) is 11.3 Å². The summed E-state index contributed by atoms with van der Waals surface area (Å²) in [7, 11) is 0. The number of carbonyl (C=O) groups is 1. The molecule has 0 atom stereocenters. The van der Waals surface area contributed by atoms with Crippen LogP contribution >= 0.6 is 11.3 Å². The lowest BCUT2D eigenvalue weighted by Gasteiger charge is -2.33. The molecular formula is C13H10N2O2S. The number of anilines is 1. The third kappa shape index (κ3) is 1.58. The number of thiophene rings is 1. The Bertz CT molecular complexity index is 652. The molecule has 5 heteroatoms. The number of carbonyl (C=O) groups excluding carboxylic acids is 1. The van der Waals surface area contributed by atoms with Crippen molar-refractivity contribution in [1.82, 2.24) is 0 Å². The number of ether oxygens (including phenoxy) is 1. The molecule has 90 valence electrons. The number of nitriles is 1. The first-order valence-electron chi connectivity index (χ1n) is 5.52. The highest BCUT2D eigenvalue weighted by Crippen LogP contribution is 2.33. The largest absolute Gasteiger partial charge is 0.377 e. The van der Waals surface area contributed by atoms with Crippen molar-refractivity contribution in [3.8, 4) is 6.07 Å². The minimum atomic E-state index is -1.01. The summed E-state index contributed by atoms with van der Waals surface area (Å²) in [5.41, 5.74) is -0.245. The Kier molecular flexibility index (Phi) is 2.54. The fourth-order valence-corrected chi connectivity index (χ4v) is 2.76. The van der Waals surface area contributed by atoms with Gasteiger partial charge in [0.1, 0.15) is 0 Å². The van der Waals surface area contributed by atoms with Gasteiger partial charge in [-0.2, -0.15) is 5.26 Å². The van der Waals surface area contributed by atoms with E-state index in [0.29, 0.717) is 0 Å². The summed E-state index contributed by atoms with van der Waals surface area (Å²) in [6.07, 6.45) is 0. The number of hydrogen-bond acceptors (Lipinski definition) is 4. The lowest BCUT2D eigenvalue weighted by atomic mass is 9.87. The van der Waals surface area contributed by atoms with E-state index in [-0.39, 0.29) is 19.1 Å². The Balaban J connectivity index is 1.89. The van der Waals surface area contributed by atoms with Crippen LogP contribution in [0.15, 0.2) is 29.6 Å². The van der Waals surface area contributed by atoms with E-state index in [1.54, 1.807) is 11.3 Å². The summed E-state index contributed by atoms with van der Waals surface area (Å²) < 4.78 is 6.09. The van der Waals surface area contributed by atoms with Crippen molar-refractivity contribution in [3.63, 3.8) is 0 Å². The van der Waals surface area contributed by atoms with Gasteiger partial charge in [0.2, 0.25) is 5.91 Å². The van der Waals surface area contributed by atoms with Gasteiger partial charge in [-0.25, -0.2) is 0 Å². The molecule has 0 radical (unpaired) electrons. The molecule has 1 aromatic carbocycles. The molecule has 0 aliphatic carbocycles. The van der Waals surface area contributed by atoms with Crippen LogP contribution in [0, 0.1) is 16.7 Å². The first kappa shape index (κ1) is 11.2. The molecule has 2 aromatic rings. The quantitative estimate of drug-likeness (QED) is 0.899. The SMILES string of the molecule is N#CC1(C(=O)Nc2csc3ccccc23)COC1. The Labute approximate surface area is 108 Å². The summed E-state index contributed by atoms with van der Waals surface area (Å²) in [5, 5.41) is 14.8. The molecule has 1 aromatic heterocycles. The minimum Gasteiger partial charge on any atom is -0.377 e. The maximum Gasteiger partial charge on any atom is 0.249 e. The van der Waals surface area contributed by atoms with Gasteiger partial charge >= 0.3 is 0 Å². The Morgan fingerprint density at radius 2 is 2.22 bits per heavy atom. The van der Waals surface area contributed by atoms with Crippen LogP contribution in [0.4, 0.5) is 5.69 Å². The summed E-state index contributed by atoms with van der Waals surface area (Å²) in [4.78, 5) is 12.1. The molecule has 0 bridgehead atoms. The van der Waals surface area contributed by atoms with Crippen molar-refractivity contribution in [2.45, 2.75) is 0 Å². The number of benzene rings is 1. The molecule has 0 saturated carbocycles. The second-order valence-electron chi connectivity index (χ2n) is 4.29. The van der Waals surface area contributed by atoms with Crippen molar-refractivity contribution in [3.05, 3.63) is 29.6 Å². The average Bonchev–Trinajstić information content (AvgIpc) is 2.72. The lowest BCUT2D eigenvalue weighted by Crippen LogP contribution is -2.50. The standard InChI is InChI=1S/C13H10N2O2S/c14-6-13(7-17-8-13)12(16)15-10-5-18-11-4-2-1-3-9(10)11/h1-5H,7-8H2,(H,15,16). The second kappa shape index (κ2) is 4.09. The summed E-state index contributed by atoms with van der Waals surface area (Å²) in [6, 6.07) is 9.89. The van der Waals surface area contributed by atoms with Crippen LogP contribution in [-0.2, 0) is 9.53 Å². The van der Waals surface area contributed by atoms with Crippen LogP contribution in [0.1, 0.15) is 0 Å².